The molecule has 1 amide bonds. The molecule has 0 aliphatic carbocycles. The first-order chi connectivity index (χ1) is 5.52. The van der Waals surface area contributed by atoms with Gasteiger partial charge in [-0.05, 0) is 12.3 Å². The minimum atomic E-state index is -0.454. The second-order valence-electron chi connectivity index (χ2n) is 3.97. The average molecular weight is 171 g/mol. The Kier molecular flexibility index (Phi) is 2.73. The normalized spacial score (nSPS) is 30.4. The highest BCUT2D eigenvalue weighted by Gasteiger charge is 2.35. The fourth-order valence-electron chi connectivity index (χ4n) is 1.70. The number of aliphatic hydroxyl groups is 1. The van der Waals surface area contributed by atoms with Gasteiger partial charge in [0.25, 0.3) is 0 Å². The van der Waals surface area contributed by atoms with Crippen LogP contribution in [-0.4, -0.2) is 35.1 Å². The second-order valence-corrected chi connectivity index (χ2v) is 3.97. The predicted molar refractivity (Wildman–Crippen MR) is 46.6 cm³/mol. The molecule has 0 unspecified atom stereocenters. The predicted octanol–water partition coefficient (Wildman–Crippen LogP) is 0.624. The molecule has 0 radical (unpaired) electrons. The summed E-state index contributed by atoms with van der Waals surface area (Å²) in [4.78, 5) is 12.8. The summed E-state index contributed by atoms with van der Waals surface area (Å²) in [5, 5.41) is 9.52. The lowest BCUT2D eigenvalue weighted by molar-refractivity contribution is -0.127. The number of aliphatic hydroxyl groups excluding tert-OH is 1. The lowest BCUT2D eigenvalue weighted by atomic mass is 10.0. The number of amides is 1. The van der Waals surface area contributed by atoms with Crippen LogP contribution < -0.4 is 0 Å². The summed E-state index contributed by atoms with van der Waals surface area (Å²) in [7, 11) is 1.77. The molecule has 3 heteroatoms. The van der Waals surface area contributed by atoms with Crippen molar-refractivity contribution in [1.29, 1.82) is 0 Å². The van der Waals surface area contributed by atoms with E-state index in [1.807, 2.05) is 0 Å². The van der Waals surface area contributed by atoms with E-state index in [4.69, 9.17) is 0 Å². The Morgan fingerprint density at radius 2 is 2.25 bits per heavy atom. The van der Waals surface area contributed by atoms with Gasteiger partial charge in [-0.25, -0.2) is 0 Å². The number of nitrogens with zero attached hydrogens (tertiary/aromatic N) is 1. The van der Waals surface area contributed by atoms with Crippen LogP contribution in [0.5, 0.6) is 0 Å². The first kappa shape index (κ1) is 9.52. The maximum Gasteiger partial charge on any atom is 0.225 e. The Morgan fingerprint density at radius 3 is 2.58 bits per heavy atom. The SMILES string of the molecule is CC(C)C[C@H]1[C@H](O)CC(=O)N1C. The van der Waals surface area contributed by atoms with Crippen molar-refractivity contribution in [2.24, 2.45) is 5.92 Å². The van der Waals surface area contributed by atoms with E-state index in [1.165, 1.54) is 0 Å². The van der Waals surface area contributed by atoms with Crippen LogP contribution in [0.1, 0.15) is 26.7 Å². The molecule has 70 valence electrons. The minimum absolute atomic E-state index is 0.0394. The smallest absolute Gasteiger partial charge is 0.225 e. The molecule has 12 heavy (non-hydrogen) atoms. The van der Waals surface area contributed by atoms with Crippen LogP contribution in [0.3, 0.4) is 0 Å². The van der Waals surface area contributed by atoms with Crippen molar-refractivity contribution in [3.8, 4) is 0 Å². The van der Waals surface area contributed by atoms with Crippen LogP contribution in [0, 0.1) is 5.92 Å². The lowest BCUT2D eigenvalue weighted by Crippen LogP contribution is -2.34. The van der Waals surface area contributed by atoms with Gasteiger partial charge < -0.3 is 10.0 Å². The van der Waals surface area contributed by atoms with Crippen molar-refractivity contribution in [2.45, 2.75) is 38.8 Å². The minimum Gasteiger partial charge on any atom is -0.390 e. The van der Waals surface area contributed by atoms with Gasteiger partial charge in [-0.2, -0.15) is 0 Å². The molecule has 2 atom stereocenters. The molecule has 0 bridgehead atoms. The van der Waals surface area contributed by atoms with Gasteiger partial charge in [0.05, 0.1) is 18.6 Å². The maximum atomic E-state index is 11.1. The third-order valence-electron chi connectivity index (χ3n) is 2.43. The van der Waals surface area contributed by atoms with E-state index in [1.54, 1.807) is 11.9 Å². The van der Waals surface area contributed by atoms with E-state index in [0.29, 0.717) is 12.3 Å². The van der Waals surface area contributed by atoms with E-state index < -0.39 is 6.10 Å². The molecule has 1 aliphatic heterocycles. The quantitative estimate of drug-likeness (QED) is 0.661. The zero-order valence-electron chi connectivity index (χ0n) is 7.95. The highest BCUT2D eigenvalue weighted by molar-refractivity contribution is 5.79. The summed E-state index contributed by atoms with van der Waals surface area (Å²) >= 11 is 0. The monoisotopic (exact) mass is 171 g/mol. The number of rotatable bonds is 2. The van der Waals surface area contributed by atoms with E-state index in [9.17, 15) is 9.90 Å². The molecule has 0 saturated carbocycles. The lowest BCUT2D eigenvalue weighted by Gasteiger charge is -2.23. The van der Waals surface area contributed by atoms with Gasteiger partial charge in [0, 0.05) is 7.05 Å². The highest BCUT2D eigenvalue weighted by atomic mass is 16.3. The number of hydrogen-bond donors (Lipinski definition) is 1. The van der Waals surface area contributed by atoms with Gasteiger partial charge in [-0.1, -0.05) is 13.8 Å². The molecule has 1 rings (SSSR count). The zero-order valence-corrected chi connectivity index (χ0v) is 7.95. The van der Waals surface area contributed by atoms with Gasteiger partial charge in [-0.15, -0.1) is 0 Å². The standard InChI is InChI=1S/C9H17NO2/c1-6(2)4-7-8(11)5-9(12)10(7)3/h6-8,11H,4-5H2,1-3H3/t7-,8+/m0/s1. The number of likely N-dealkylation sites (N-methyl/N-ethyl adjacent to an activating group) is 1. The van der Waals surface area contributed by atoms with Crippen molar-refractivity contribution in [2.75, 3.05) is 7.05 Å². The van der Waals surface area contributed by atoms with Gasteiger partial charge in [0.2, 0.25) is 5.91 Å². The summed E-state index contributed by atoms with van der Waals surface area (Å²) in [5.41, 5.74) is 0. The number of hydrogen-bond acceptors (Lipinski definition) is 2. The first-order valence-electron chi connectivity index (χ1n) is 4.46. The van der Waals surface area contributed by atoms with Crippen LogP contribution in [0.15, 0.2) is 0 Å². The fourth-order valence-corrected chi connectivity index (χ4v) is 1.70. The molecule has 1 N–H and O–H groups in total. The van der Waals surface area contributed by atoms with Crippen LogP contribution in [0.25, 0.3) is 0 Å². The van der Waals surface area contributed by atoms with E-state index in [2.05, 4.69) is 13.8 Å². The summed E-state index contributed by atoms with van der Waals surface area (Å²) in [5.74, 6) is 0.589. The highest BCUT2D eigenvalue weighted by Crippen LogP contribution is 2.22. The second kappa shape index (κ2) is 3.44. The third-order valence-corrected chi connectivity index (χ3v) is 2.43. The molecule has 1 aliphatic rings. The number of carbonyl (C=O) groups is 1. The van der Waals surface area contributed by atoms with Crippen molar-refractivity contribution in [1.82, 2.24) is 4.90 Å². The molecule has 0 aromatic rings. The van der Waals surface area contributed by atoms with Crippen molar-refractivity contribution < 1.29 is 9.90 Å². The Balaban J connectivity index is 2.57. The summed E-state index contributed by atoms with van der Waals surface area (Å²) in [6, 6.07) is 0.0394. The van der Waals surface area contributed by atoms with Gasteiger partial charge in [0.15, 0.2) is 0 Å². The zero-order chi connectivity index (χ0) is 9.30. The number of likely N-dealkylation sites (tertiary alicyclic amines) is 1. The van der Waals surface area contributed by atoms with E-state index >= 15 is 0 Å². The van der Waals surface area contributed by atoms with Gasteiger partial charge >= 0.3 is 0 Å². The molecular formula is C9H17NO2. The third kappa shape index (κ3) is 1.78. The molecule has 1 heterocycles. The van der Waals surface area contributed by atoms with E-state index in [-0.39, 0.29) is 11.9 Å². The van der Waals surface area contributed by atoms with Crippen molar-refractivity contribution in [3.63, 3.8) is 0 Å². The molecule has 1 fully saturated rings. The van der Waals surface area contributed by atoms with Crippen LogP contribution in [0.4, 0.5) is 0 Å². The topological polar surface area (TPSA) is 40.5 Å². The molecule has 3 nitrogen and oxygen atoms in total. The molecular weight excluding hydrogens is 154 g/mol. The summed E-state index contributed by atoms with van der Waals surface area (Å²) in [6.45, 7) is 4.20. The van der Waals surface area contributed by atoms with Crippen molar-refractivity contribution in [3.05, 3.63) is 0 Å². The summed E-state index contributed by atoms with van der Waals surface area (Å²) < 4.78 is 0. The molecule has 0 aromatic carbocycles. The molecule has 0 aromatic heterocycles. The Hall–Kier alpha value is -0.570. The molecule has 0 spiro atoms. The van der Waals surface area contributed by atoms with Gasteiger partial charge in [-0.3, -0.25) is 4.79 Å². The fraction of sp³-hybridized carbons (Fsp3) is 0.889. The van der Waals surface area contributed by atoms with Crippen molar-refractivity contribution >= 4 is 5.91 Å². The first-order valence-corrected chi connectivity index (χ1v) is 4.46. The Labute approximate surface area is 73.4 Å². The Bertz CT molecular complexity index is 179. The van der Waals surface area contributed by atoms with Gasteiger partial charge in [0.1, 0.15) is 0 Å². The molecule has 1 saturated heterocycles. The average Bonchev–Trinajstić information content (AvgIpc) is 2.16. The van der Waals surface area contributed by atoms with E-state index in [0.717, 1.165) is 6.42 Å². The van der Waals surface area contributed by atoms with Crippen LogP contribution >= 0.6 is 0 Å². The Morgan fingerprint density at radius 1 is 1.67 bits per heavy atom. The largest absolute Gasteiger partial charge is 0.390 e. The maximum absolute atomic E-state index is 11.1. The van der Waals surface area contributed by atoms with Crippen LogP contribution in [-0.2, 0) is 4.79 Å². The summed E-state index contributed by atoms with van der Waals surface area (Å²) in [6.07, 6.45) is 0.738. The number of carbonyl (C=O) groups excluding carboxylic acids is 1. The van der Waals surface area contributed by atoms with Crippen LogP contribution in [0.2, 0.25) is 0 Å².